The molecule has 2 rings (SSSR count). The van der Waals surface area contributed by atoms with E-state index in [1.54, 1.807) is 6.07 Å². The smallest absolute Gasteiger partial charge is 0.358 e. The van der Waals surface area contributed by atoms with E-state index >= 15 is 0 Å². The van der Waals surface area contributed by atoms with Gasteiger partial charge in [0.2, 0.25) is 6.79 Å². The summed E-state index contributed by atoms with van der Waals surface area (Å²) in [6.45, 7) is 1.81. The van der Waals surface area contributed by atoms with Crippen molar-refractivity contribution in [3.8, 4) is 0 Å². The van der Waals surface area contributed by atoms with Crippen LogP contribution in [0, 0.1) is 0 Å². The van der Waals surface area contributed by atoms with Gasteiger partial charge in [-0.3, -0.25) is 14.2 Å². The monoisotopic (exact) mass is 311 g/mol. The number of carbonyl (C=O) groups excluding carboxylic acids is 3. The standard InChI is InChI=1S/C13H13NO7.CH4/c1-8(15)19-6-14-10-3-4-18-12(10)5-11(14)13(17)21-7-20-9(2)16;/h3-5H,6-7H2,1-2H3;1H4. The van der Waals surface area contributed by atoms with Gasteiger partial charge in [-0.2, -0.15) is 0 Å². The molecule has 8 nitrogen and oxygen atoms in total. The number of ether oxygens (including phenoxy) is 3. The molecule has 0 aliphatic heterocycles. The Morgan fingerprint density at radius 3 is 2.45 bits per heavy atom. The SMILES string of the molecule is C.CC(=O)OCOC(=O)c1cc2occc2n1COC(C)=O. The molecule has 0 spiro atoms. The lowest BCUT2D eigenvalue weighted by molar-refractivity contribution is -0.149. The first-order chi connectivity index (χ1) is 9.99. The van der Waals surface area contributed by atoms with Crippen LogP contribution in [0.1, 0.15) is 31.8 Å². The minimum absolute atomic E-state index is 0. The summed E-state index contributed by atoms with van der Waals surface area (Å²) in [5, 5.41) is 0. The number of rotatable bonds is 5. The van der Waals surface area contributed by atoms with E-state index in [0.29, 0.717) is 11.1 Å². The van der Waals surface area contributed by atoms with Gasteiger partial charge in [-0.1, -0.05) is 7.43 Å². The molecule has 0 aliphatic carbocycles. The van der Waals surface area contributed by atoms with Crippen LogP contribution in [0.5, 0.6) is 0 Å². The van der Waals surface area contributed by atoms with Crippen molar-refractivity contribution in [2.75, 3.05) is 6.79 Å². The fourth-order valence-corrected chi connectivity index (χ4v) is 1.68. The highest BCUT2D eigenvalue weighted by molar-refractivity contribution is 5.94. The number of furan rings is 1. The molecule has 22 heavy (non-hydrogen) atoms. The van der Waals surface area contributed by atoms with Crippen LogP contribution in [0.25, 0.3) is 11.1 Å². The first-order valence-electron chi connectivity index (χ1n) is 5.99. The normalized spacial score (nSPS) is 9.91. The van der Waals surface area contributed by atoms with Gasteiger partial charge in [0.25, 0.3) is 0 Å². The highest BCUT2D eigenvalue weighted by Crippen LogP contribution is 2.22. The average molecular weight is 311 g/mol. The first-order valence-corrected chi connectivity index (χ1v) is 5.99. The lowest BCUT2D eigenvalue weighted by atomic mass is 10.4. The second kappa shape index (κ2) is 7.30. The van der Waals surface area contributed by atoms with E-state index in [1.165, 1.54) is 30.7 Å². The molecule has 2 aromatic rings. The van der Waals surface area contributed by atoms with Crippen LogP contribution < -0.4 is 0 Å². The molecule has 8 heteroatoms. The molecule has 2 heterocycles. The van der Waals surface area contributed by atoms with Crippen molar-refractivity contribution in [1.82, 2.24) is 4.57 Å². The van der Waals surface area contributed by atoms with Gasteiger partial charge < -0.3 is 18.6 Å². The summed E-state index contributed by atoms with van der Waals surface area (Å²) in [4.78, 5) is 33.5. The Labute approximate surface area is 126 Å². The van der Waals surface area contributed by atoms with E-state index in [9.17, 15) is 14.4 Å². The summed E-state index contributed by atoms with van der Waals surface area (Å²) in [6.07, 6.45) is 1.45. The van der Waals surface area contributed by atoms with E-state index in [1.807, 2.05) is 0 Å². The van der Waals surface area contributed by atoms with Gasteiger partial charge >= 0.3 is 17.9 Å². The van der Waals surface area contributed by atoms with Crippen LogP contribution in [0.4, 0.5) is 0 Å². The lowest BCUT2D eigenvalue weighted by Crippen LogP contribution is -2.16. The van der Waals surface area contributed by atoms with E-state index in [0.717, 1.165) is 0 Å². The van der Waals surface area contributed by atoms with E-state index < -0.39 is 24.7 Å². The van der Waals surface area contributed by atoms with Gasteiger partial charge in [0.1, 0.15) is 5.69 Å². The molecular formula is C14H17NO7. The molecule has 0 amide bonds. The zero-order valence-corrected chi connectivity index (χ0v) is 11.5. The van der Waals surface area contributed by atoms with Crippen molar-refractivity contribution in [2.45, 2.75) is 28.0 Å². The quantitative estimate of drug-likeness (QED) is 0.616. The van der Waals surface area contributed by atoms with Crippen LogP contribution >= 0.6 is 0 Å². The third-order valence-corrected chi connectivity index (χ3v) is 2.58. The Balaban J connectivity index is 0.00000242. The highest BCUT2D eigenvalue weighted by atomic mass is 16.7. The number of carbonyl (C=O) groups is 3. The van der Waals surface area contributed by atoms with Crippen molar-refractivity contribution in [3.05, 3.63) is 24.1 Å². The molecule has 0 aromatic carbocycles. The molecule has 0 atom stereocenters. The van der Waals surface area contributed by atoms with Crippen LogP contribution in [0.3, 0.4) is 0 Å². The molecule has 0 radical (unpaired) electrons. The highest BCUT2D eigenvalue weighted by Gasteiger charge is 2.19. The first kappa shape index (κ1) is 17.3. The Morgan fingerprint density at radius 2 is 1.82 bits per heavy atom. The largest absolute Gasteiger partial charge is 0.463 e. The van der Waals surface area contributed by atoms with Gasteiger partial charge in [-0.05, 0) is 0 Å². The van der Waals surface area contributed by atoms with Gasteiger partial charge in [0.15, 0.2) is 12.3 Å². The molecule has 0 N–H and O–H groups in total. The van der Waals surface area contributed by atoms with Crippen LogP contribution in [-0.4, -0.2) is 29.3 Å². The average Bonchev–Trinajstić information content (AvgIpc) is 2.96. The van der Waals surface area contributed by atoms with Gasteiger partial charge in [0, 0.05) is 26.0 Å². The summed E-state index contributed by atoms with van der Waals surface area (Å²) in [7, 11) is 0. The number of nitrogens with zero attached hydrogens (tertiary/aromatic N) is 1. The zero-order valence-electron chi connectivity index (χ0n) is 11.5. The van der Waals surface area contributed by atoms with Crippen molar-refractivity contribution >= 4 is 29.0 Å². The number of hydrogen-bond acceptors (Lipinski definition) is 7. The second-order valence-electron chi connectivity index (χ2n) is 4.08. The Bertz CT molecular complexity index is 682. The maximum absolute atomic E-state index is 11.9. The van der Waals surface area contributed by atoms with E-state index in [-0.39, 0.29) is 19.9 Å². The summed E-state index contributed by atoms with van der Waals surface area (Å²) in [6, 6.07) is 3.08. The number of fused-ring (bicyclic) bond motifs is 1. The molecule has 0 bridgehead atoms. The minimum Gasteiger partial charge on any atom is -0.463 e. The van der Waals surface area contributed by atoms with Crippen LogP contribution in [0.15, 0.2) is 22.8 Å². The number of hydrogen-bond donors (Lipinski definition) is 0. The predicted octanol–water partition coefficient (Wildman–Crippen LogP) is 2.07. The Morgan fingerprint density at radius 1 is 1.14 bits per heavy atom. The van der Waals surface area contributed by atoms with Gasteiger partial charge in [-0.25, -0.2) is 4.79 Å². The van der Waals surface area contributed by atoms with Crippen molar-refractivity contribution in [1.29, 1.82) is 0 Å². The summed E-state index contributed by atoms with van der Waals surface area (Å²) >= 11 is 0. The maximum atomic E-state index is 11.9. The number of aromatic nitrogens is 1. The van der Waals surface area contributed by atoms with Gasteiger partial charge in [0.05, 0.1) is 11.8 Å². The molecule has 0 aliphatic rings. The molecular weight excluding hydrogens is 294 g/mol. The third-order valence-electron chi connectivity index (χ3n) is 2.58. The van der Waals surface area contributed by atoms with Crippen molar-refractivity contribution in [3.63, 3.8) is 0 Å². The molecule has 0 unspecified atom stereocenters. The summed E-state index contributed by atoms with van der Waals surface area (Å²) in [5.74, 6) is -1.78. The molecule has 0 saturated heterocycles. The van der Waals surface area contributed by atoms with Crippen LogP contribution in [0.2, 0.25) is 0 Å². The molecule has 0 saturated carbocycles. The fraction of sp³-hybridized carbons (Fsp3) is 0.357. The topological polar surface area (TPSA) is 97.0 Å². The van der Waals surface area contributed by atoms with Crippen LogP contribution in [-0.2, 0) is 30.5 Å². The van der Waals surface area contributed by atoms with E-state index in [4.69, 9.17) is 13.9 Å². The predicted molar refractivity (Wildman–Crippen MR) is 74.7 cm³/mol. The van der Waals surface area contributed by atoms with Crippen molar-refractivity contribution in [2.24, 2.45) is 0 Å². The molecule has 2 aromatic heterocycles. The minimum atomic E-state index is -0.727. The third kappa shape index (κ3) is 3.87. The Kier molecular flexibility index (Phi) is 5.73. The number of esters is 3. The Hall–Kier alpha value is -2.77. The fourth-order valence-electron chi connectivity index (χ4n) is 1.68. The summed E-state index contributed by atoms with van der Waals surface area (Å²) in [5.41, 5.74) is 1.15. The molecule has 0 fully saturated rings. The van der Waals surface area contributed by atoms with E-state index in [2.05, 4.69) is 4.74 Å². The molecule has 120 valence electrons. The van der Waals surface area contributed by atoms with Gasteiger partial charge in [-0.15, -0.1) is 0 Å². The zero-order chi connectivity index (χ0) is 15.4. The van der Waals surface area contributed by atoms with Crippen molar-refractivity contribution < 1.29 is 33.0 Å². The lowest BCUT2D eigenvalue weighted by Gasteiger charge is -2.09. The maximum Gasteiger partial charge on any atom is 0.358 e. The second-order valence-corrected chi connectivity index (χ2v) is 4.08. The summed E-state index contributed by atoms with van der Waals surface area (Å²) < 4.78 is 20.8.